The van der Waals surface area contributed by atoms with E-state index >= 15 is 0 Å². The highest BCUT2D eigenvalue weighted by molar-refractivity contribution is 6.17. The third-order valence-corrected chi connectivity index (χ3v) is 2.81. The third-order valence-electron chi connectivity index (χ3n) is 2.54. The molecule has 86 valence electrons. The fourth-order valence-electron chi connectivity index (χ4n) is 1.74. The average Bonchev–Trinajstić information content (AvgIpc) is 2.57. The molecule has 5 heteroatoms. The lowest BCUT2D eigenvalue weighted by atomic mass is 10.0. The van der Waals surface area contributed by atoms with Crippen LogP contribution >= 0.6 is 11.6 Å². The minimum absolute atomic E-state index is 0.00800. The molecule has 0 aliphatic carbocycles. The Kier molecular flexibility index (Phi) is 4.88. The van der Waals surface area contributed by atoms with Crippen molar-refractivity contribution in [3.63, 3.8) is 0 Å². The van der Waals surface area contributed by atoms with E-state index in [0.29, 0.717) is 19.0 Å². The van der Waals surface area contributed by atoms with Crippen molar-refractivity contribution in [2.45, 2.75) is 19.8 Å². The van der Waals surface area contributed by atoms with Gasteiger partial charge in [0, 0.05) is 24.9 Å². The van der Waals surface area contributed by atoms with E-state index in [4.69, 9.17) is 11.6 Å². The summed E-state index contributed by atoms with van der Waals surface area (Å²) in [6, 6.07) is -0.140. The van der Waals surface area contributed by atoms with E-state index in [1.165, 1.54) is 0 Å². The Balaban J connectivity index is 2.41. The minimum atomic E-state index is -0.140. The predicted molar refractivity (Wildman–Crippen MR) is 59.1 cm³/mol. The number of hydrogen-bond donors (Lipinski definition) is 1. The lowest BCUT2D eigenvalue weighted by Crippen LogP contribution is -2.38. The molecule has 0 aromatic rings. The lowest BCUT2D eigenvalue weighted by Gasteiger charge is -2.15. The zero-order valence-corrected chi connectivity index (χ0v) is 9.72. The number of ketones is 1. The van der Waals surface area contributed by atoms with Crippen LogP contribution in [0.15, 0.2) is 0 Å². The van der Waals surface area contributed by atoms with Crippen LogP contribution in [0.1, 0.15) is 19.8 Å². The summed E-state index contributed by atoms with van der Waals surface area (Å²) in [4.78, 5) is 24.6. The van der Waals surface area contributed by atoms with E-state index in [1.54, 1.807) is 4.90 Å². The quantitative estimate of drug-likeness (QED) is 0.742. The first-order valence-corrected chi connectivity index (χ1v) is 5.84. The summed E-state index contributed by atoms with van der Waals surface area (Å²) in [6.45, 7) is 3.25. The first kappa shape index (κ1) is 12.3. The summed E-state index contributed by atoms with van der Waals surface area (Å²) < 4.78 is 0. The van der Waals surface area contributed by atoms with Gasteiger partial charge in [0.05, 0.1) is 6.54 Å². The zero-order chi connectivity index (χ0) is 11.3. The first-order valence-electron chi connectivity index (χ1n) is 5.30. The van der Waals surface area contributed by atoms with Crippen LogP contribution in [-0.2, 0) is 4.79 Å². The largest absolute Gasteiger partial charge is 0.338 e. The van der Waals surface area contributed by atoms with Crippen LogP contribution in [0.4, 0.5) is 4.79 Å². The molecule has 1 heterocycles. The minimum Gasteiger partial charge on any atom is -0.338 e. The molecule has 1 saturated heterocycles. The molecule has 1 rings (SSSR count). The second kappa shape index (κ2) is 5.95. The Morgan fingerprint density at radius 2 is 2.40 bits per heavy atom. The first-order chi connectivity index (χ1) is 7.19. The molecular weight excluding hydrogens is 216 g/mol. The van der Waals surface area contributed by atoms with Gasteiger partial charge in [0.15, 0.2) is 5.78 Å². The molecular formula is C10H17ClN2O2. The monoisotopic (exact) mass is 232 g/mol. The van der Waals surface area contributed by atoms with Crippen molar-refractivity contribution in [2.75, 3.05) is 25.5 Å². The highest BCUT2D eigenvalue weighted by Crippen LogP contribution is 2.18. The lowest BCUT2D eigenvalue weighted by molar-refractivity contribution is -0.119. The van der Waals surface area contributed by atoms with Crippen LogP contribution in [0.2, 0.25) is 0 Å². The van der Waals surface area contributed by atoms with Gasteiger partial charge in [-0.05, 0) is 19.8 Å². The van der Waals surface area contributed by atoms with E-state index in [1.807, 2.05) is 6.92 Å². The van der Waals surface area contributed by atoms with Crippen molar-refractivity contribution in [3.8, 4) is 0 Å². The molecule has 0 spiro atoms. The predicted octanol–water partition coefficient (Wildman–Crippen LogP) is 1.24. The summed E-state index contributed by atoms with van der Waals surface area (Å²) >= 11 is 5.57. The molecule has 1 aliphatic heterocycles. The Bertz CT molecular complexity index is 246. The smallest absolute Gasteiger partial charge is 0.317 e. The van der Waals surface area contributed by atoms with Crippen molar-refractivity contribution in [3.05, 3.63) is 0 Å². The van der Waals surface area contributed by atoms with Gasteiger partial charge in [-0.15, -0.1) is 11.6 Å². The Morgan fingerprint density at radius 1 is 1.67 bits per heavy atom. The van der Waals surface area contributed by atoms with Crippen molar-refractivity contribution in [1.29, 1.82) is 0 Å². The highest BCUT2D eigenvalue weighted by Gasteiger charge is 2.32. The second-order valence-electron chi connectivity index (χ2n) is 3.71. The molecule has 4 nitrogen and oxygen atoms in total. The summed E-state index contributed by atoms with van der Waals surface area (Å²) in [5.41, 5.74) is 0. The van der Waals surface area contributed by atoms with Gasteiger partial charge >= 0.3 is 6.03 Å². The van der Waals surface area contributed by atoms with Gasteiger partial charge in [0.2, 0.25) is 0 Å². The SMILES string of the molecule is CCNC(=O)N1CC(=O)C(CCCCl)C1. The number of likely N-dealkylation sites (tertiary alicyclic amines) is 1. The molecule has 2 amide bonds. The van der Waals surface area contributed by atoms with Gasteiger partial charge in [-0.25, -0.2) is 4.79 Å². The van der Waals surface area contributed by atoms with Crippen molar-refractivity contribution < 1.29 is 9.59 Å². The van der Waals surface area contributed by atoms with E-state index in [-0.39, 0.29) is 24.3 Å². The number of rotatable bonds is 4. The van der Waals surface area contributed by atoms with Crippen LogP contribution < -0.4 is 5.32 Å². The Labute approximate surface area is 95.0 Å². The molecule has 1 fully saturated rings. The third kappa shape index (κ3) is 3.38. The zero-order valence-electron chi connectivity index (χ0n) is 8.96. The van der Waals surface area contributed by atoms with Crippen LogP contribution in [0.5, 0.6) is 0 Å². The van der Waals surface area contributed by atoms with Crippen molar-refractivity contribution in [2.24, 2.45) is 5.92 Å². The van der Waals surface area contributed by atoms with Crippen LogP contribution in [-0.4, -0.2) is 42.2 Å². The molecule has 0 aromatic carbocycles. The van der Waals surface area contributed by atoms with Crippen LogP contribution in [0, 0.1) is 5.92 Å². The number of nitrogens with zero attached hydrogens (tertiary/aromatic N) is 1. The van der Waals surface area contributed by atoms with Crippen LogP contribution in [0.25, 0.3) is 0 Å². The molecule has 0 radical (unpaired) electrons. The van der Waals surface area contributed by atoms with E-state index in [2.05, 4.69) is 5.32 Å². The van der Waals surface area contributed by atoms with E-state index in [9.17, 15) is 9.59 Å². The highest BCUT2D eigenvalue weighted by atomic mass is 35.5. The molecule has 1 N–H and O–H groups in total. The van der Waals surface area contributed by atoms with Gasteiger partial charge in [-0.1, -0.05) is 0 Å². The van der Waals surface area contributed by atoms with E-state index < -0.39 is 0 Å². The normalized spacial score (nSPS) is 20.8. The summed E-state index contributed by atoms with van der Waals surface area (Å²) in [5, 5.41) is 2.69. The maximum atomic E-state index is 11.5. The number of halogens is 1. The number of hydrogen-bond acceptors (Lipinski definition) is 2. The number of nitrogens with one attached hydrogen (secondary N) is 1. The van der Waals surface area contributed by atoms with Gasteiger partial charge < -0.3 is 10.2 Å². The number of Topliss-reactive ketones (excluding diaryl/α,β-unsaturated/α-hetero) is 1. The fourth-order valence-corrected chi connectivity index (χ4v) is 1.90. The molecule has 15 heavy (non-hydrogen) atoms. The van der Waals surface area contributed by atoms with Gasteiger partial charge in [-0.2, -0.15) is 0 Å². The number of amides is 2. The average molecular weight is 233 g/mol. The summed E-state index contributed by atoms with van der Waals surface area (Å²) in [5.74, 6) is 0.725. The Hall–Kier alpha value is -0.770. The number of urea groups is 1. The number of carbonyl (C=O) groups excluding carboxylic acids is 2. The molecule has 0 saturated carbocycles. The van der Waals surface area contributed by atoms with Crippen molar-refractivity contribution in [1.82, 2.24) is 10.2 Å². The van der Waals surface area contributed by atoms with Gasteiger partial charge in [0.25, 0.3) is 0 Å². The van der Waals surface area contributed by atoms with Crippen LogP contribution in [0.3, 0.4) is 0 Å². The van der Waals surface area contributed by atoms with Crippen molar-refractivity contribution >= 4 is 23.4 Å². The topological polar surface area (TPSA) is 49.4 Å². The summed E-state index contributed by atoms with van der Waals surface area (Å²) in [7, 11) is 0. The summed E-state index contributed by atoms with van der Waals surface area (Å²) in [6.07, 6.45) is 1.62. The fraction of sp³-hybridized carbons (Fsp3) is 0.800. The van der Waals surface area contributed by atoms with Gasteiger partial charge in [-0.3, -0.25) is 4.79 Å². The number of carbonyl (C=O) groups is 2. The standard InChI is InChI=1S/C10H17ClN2O2/c1-2-12-10(15)13-6-8(4-3-5-11)9(14)7-13/h8H,2-7H2,1H3,(H,12,15). The molecule has 1 unspecified atom stereocenters. The van der Waals surface area contributed by atoms with E-state index in [0.717, 1.165) is 12.8 Å². The number of alkyl halides is 1. The molecule has 0 bridgehead atoms. The maximum absolute atomic E-state index is 11.5. The second-order valence-corrected chi connectivity index (χ2v) is 4.09. The molecule has 1 atom stereocenters. The molecule has 1 aliphatic rings. The molecule has 0 aromatic heterocycles. The Morgan fingerprint density at radius 3 is 3.00 bits per heavy atom. The van der Waals surface area contributed by atoms with Gasteiger partial charge in [0.1, 0.15) is 0 Å². The maximum Gasteiger partial charge on any atom is 0.317 e.